The molecule has 0 aromatic heterocycles. The Morgan fingerprint density at radius 3 is 1.15 bits per heavy atom. The third-order valence-electron chi connectivity index (χ3n) is 16.2. The van der Waals surface area contributed by atoms with E-state index in [0.29, 0.717) is 0 Å². The van der Waals surface area contributed by atoms with Crippen molar-refractivity contribution in [2.45, 2.75) is 26.2 Å². The summed E-state index contributed by atoms with van der Waals surface area (Å²) in [6.45, 7) is 10.0. The van der Waals surface area contributed by atoms with E-state index in [4.69, 9.17) is 0 Å². The van der Waals surface area contributed by atoms with Crippen molar-refractivity contribution in [3.8, 4) is 33.4 Å². The summed E-state index contributed by atoms with van der Waals surface area (Å²) in [6.07, 6.45) is 0. The minimum absolute atomic E-state index is 1.16. The number of fused-ring (bicyclic) bond motifs is 8. The van der Waals surface area contributed by atoms with Crippen LogP contribution >= 0.6 is 0 Å². The van der Waals surface area contributed by atoms with Crippen LogP contribution in [-0.4, -0.2) is 16.1 Å². The molecule has 0 aliphatic carbocycles. The van der Waals surface area contributed by atoms with Gasteiger partial charge in [-0.05, 0) is 164 Å². The molecule has 0 N–H and O–H groups in total. The Morgan fingerprint density at radius 2 is 0.653 bits per heavy atom. The Labute approximate surface area is 423 Å². The van der Waals surface area contributed by atoms with Gasteiger partial charge in [0.15, 0.2) is 0 Å². The number of para-hydroxylation sites is 4. The highest BCUT2D eigenvalue weighted by Gasteiger charge is 2.40. The number of benzene rings is 12. The van der Waals surface area contributed by atoms with Crippen LogP contribution in [0, 0.1) is 0 Å². The van der Waals surface area contributed by atoms with E-state index in [2.05, 4.69) is 279 Å². The van der Waals surface area contributed by atoms with Gasteiger partial charge in [0, 0.05) is 34.1 Å². The van der Waals surface area contributed by atoms with E-state index in [0.717, 1.165) is 11.4 Å². The predicted octanol–water partition coefficient (Wildman–Crippen LogP) is 16.5. The SMILES string of the molecule is C[Si]1(C)c2ccccc2N(c2ccc3c(-c4cc5ccccc5cc4-c4ccccc4)c4cc(N5c6ccccc6[Si](C)(C)c6ccccc65)ccc4c(-c4ccc5ccccc5c4)c3c2)c2ccccc21. The first-order valence-corrected chi connectivity index (χ1v) is 31.3. The van der Waals surface area contributed by atoms with Gasteiger partial charge < -0.3 is 9.80 Å². The van der Waals surface area contributed by atoms with E-state index in [-0.39, 0.29) is 0 Å². The van der Waals surface area contributed by atoms with Gasteiger partial charge in [0.1, 0.15) is 16.1 Å². The highest BCUT2D eigenvalue weighted by atomic mass is 28.3. The number of rotatable bonds is 5. The molecule has 14 rings (SSSR count). The summed E-state index contributed by atoms with van der Waals surface area (Å²) >= 11 is 0. The second-order valence-corrected chi connectivity index (χ2v) is 29.5. The van der Waals surface area contributed by atoms with Crippen LogP contribution in [0.3, 0.4) is 0 Å². The van der Waals surface area contributed by atoms with Crippen LogP contribution in [0.1, 0.15) is 0 Å². The minimum Gasteiger partial charge on any atom is -0.311 e. The standard InChI is InChI=1S/C68H52N2Si2/c1-71(2)63-30-16-12-26-59(63)69(60-27-13-17-31-64(60)71)51-37-39-54-57(43-51)67(50-35-34-45-20-8-9-23-47(45)40-50)53-38-36-52(70-61-28-14-18-32-65(61)72(3,4)66-33-19-15-29-62(66)70)44-58(53)68(54)56-42-49-25-11-10-24-48(49)41-55(56)46-21-6-5-7-22-46/h5-44H,1-4H3. The van der Waals surface area contributed by atoms with Crippen LogP contribution < -0.4 is 30.5 Å². The quantitative estimate of drug-likeness (QED) is 0.125. The maximum Gasteiger partial charge on any atom is 0.117 e. The Balaban J connectivity index is 1.14. The van der Waals surface area contributed by atoms with E-state index in [1.54, 1.807) is 0 Å². The van der Waals surface area contributed by atoms with Crippen molar-refractivity contribution in [2.24, 2.45) is 0 Å². The number of hydrogen-bond donors (Lipinski definition) is 0. The lowest BCUT2D eigenvalue weighted by atomic mass is 9.82. The monoisotopic (exact) mass is 952 g/mol. The smallest absolute Gasteiger partial charge is 0.117 e. The van der Waals surface area contributed by atoms with E-state index in [9.17, 15) is 0 Å². The Kier molecular flexibility index (Phi) is 9.54. The van der Waals surface area contributed by atoms with Crippen LogP contribution in [0.25, 0.3) is 76.5 Å². The van der Waals surface area contributed by atoms with Gasteiger partial charge in [-0.15, -0.1) is 0 Å². The summed E-state index contributed by atoms with van der Waals surface area (Å²) in [6, 6.07) is 91.9. The van der Waals surface area contributed by atoms with E-state index in [1.165, 1.54) is 120 Å². The normalized spacial score (nSPS) is 14.3. The minimum atomic E-state index is -2.02. The molecule has 2 heterocycles. The van der Waals surface area contributed by atoms with Crippen molar-refractivity contribution < 1.29 is 0 Å². The molecule has 2 aliphatic heterocycles. The highest BCUT2D eigenvalue weighted by Crippen LogP contribution is 2.51. The molecule has 0 atom stereocenters. The molecule has 0 fully saturated rings. The predicted molar refractivity (Wildman–Crippen MR) is 316 cm³/mol. The molecule has 0 bridgehead atoms. The Bertz CT molecular complexity index is 4090. The van der Waals surface area contributed by atoms with Crippen molar-refractivity contribution in [2.75, 3.05) is 9.80 Å². The molecule has 0 radical (unpaired) electrons. The van der Waals surface area contributed by atoms with Gasteiger partial charge in [0.25, 0.3) is 0 Å². The molecule has 12 aromatic carbocycles. The van der Waals surface area contributed by atoms with E-state index >= 15 is 0 Å². The van der Waals surface area contributed by atoms with Crippen molar-refractivity contribution in [1.29, 1.82) is 0 Å². The first kappa shape index (κ1) is 42.6. The van der Waals surface area contributed by atoms with Crippen molar-refractivity contribution in [3.63, 3.8) is 0 Å². The van der Waals surface area contributed by atoms with Gasteiger partial charge in [0.05, 0.1) is 0 Å². The van der Waals surface area contributed by atoms with Crippen molar-refractivity contribution >= 4 is 114 Å². The second-order valence-electron chi connectivity index (χ2n) is 20.9. The molecule has 0 saturated carbocycles. The molecule has 12 aromatic rings. The maximum absolute atomic E-state index is 2.55. The number of hydrogen-bond acceptors (Lipinski definition) is 2. The fourth-order valence-corrected chi connectivity index (χ4v) is 18.6. The zero-order chi connectivity index (χ0) is 48.3. The molecule has 0 amide bonds. The fourth-order valence-electron chi connectivity index (χ4n) is 12.6. The molecule has 0 spiro atoms. The van der Waals surface area contributed by atoms with Gasteiger partial charge in [-0.3, -0.25) is 0 Å². The fraction of sp³-hybridized carbons (Fsp3) is 0.0588. The molecule has 0 unspecified atom stereocenters. The Morgan fingerprint density at radius 1 is 0.264 bits per heavy atom. The third-order valence-corrected chi connectivity index (χ3v) is 23.2. The molecule has 0 saturated heterocycles. The third kappa shape index (κ3) is 6.39. The van der Waals surface area contributed by atoms with Crippen LogP contribution in [0.2, 0.25) is 26.2 Å². The summed E-state index contributed by atoms with van der Waals surface area (Å²) < 4.78 is 0. The lowest BCUT2D eigenvalue weighted by molar-refractivity contribution is 1.29. The second kappa shape index (κ2) is 16.1. The lowest BCUT2D eigenvalue weighted by Crippen LogP contribution is -2.58. The van der Waals surface area contributed by atoms with Crippen molar-refractivity contribution in [1.82, 2.24) is 0 Å². The summed E-state index contributed by atoms with van der Waals surface area (Å²) in [5, 5.41) is 15.6. The molecule has 342 valence electrons. The van der Waals surface area contributed by atoms with Gasteiger partial charge in [0.2, 0.25) is 0 Å². The molecule has 4 heteroatoms. The number of anilines is 6. The van der Waals surface area contributed by atoms with E-state index in [1.807, 2.05) is 0 Å². The zero-order valence-electron chi connectivity index (χ0n) is 41.0. The molecule has 2 aliphatic rings. The Hall–Kier alpha value is -8.29. The van der Waals surface area contributed by atoms with Gasteiger partial charge in [-0.1, -0.05) is 202 Å². The summed E-state index contributed by atoms with van der Waals surface area (Å²) in [5.41, 5.74) is 14.7. The molecular formula is C68H52N2Si2. The largest absolute Gasteiger partial charge is 0.311 e. The lowest BCUT2D eigenvalue weighted by Gasteiger charge is -2.41. The van der Waals surface area contributed by atoms with E-state index < -0.39 is 16.1 Å². The van der Waals surface area contributed by atoms with Gasteiger partial charge in [-0.25, -0.2) is 0 Å². The van der Waals surface area contributed by atoms with Crippen LogP contribution in [0.15, 0.2) is 243 Å². The summed E-state index contributed by atoms with van der Waals surface area (Å²) in [7, 11) is -4.04. The summed E-state index contributed by atoms with van der Waals surface area (Å²) in [5.74, 6) is 0. The van der Waals surface area contributed by atoms with Crippen LogP contribution in [0.4, 0.5) is 34.1 Å². The average Bonchev–Trinajstić information content (AvgIpc) is 3.42. The van der Waals surface area contributed by atoms with Crippen molar-refractivity contribution in [3.05, 3.63) is 243 Å². The average molecular weight is 953 g/mol. The van der Waals surface area contributed by atoms with Gasteiger partial charge >= 0.3 is 0 Å². The molecule has 72 heavy (non-hydrogen) atoms. The zero-order valence-corrected chi connectivity index (χ0v) is 43.0. The first-order valence-electron chi connectivity index (χ1n) is 25.3. The summed E-state index contributed by atoms with van der Waals surface area (Å²) in [4.78, 5) is 5.09. The van der Waals surface area contributed by atoms with Crippen LogP contribution in [-0.2, 0) is 0 Å². The molecular weight excluding hydrogens is 901 g/mol. The maximum atomic E-state index is 2.55. The number of nitrogens with zero attached hydrogens (tertiary/aromatic N) is 2. The van der Waals surface area contributed by atoms with Crippen LogP contribution in [0.5, 0.6) is 0 Å². The molecule has 2 nitrogen and oxygen atoms in total. The van der Waals surface area contributed by atoms with Gasteiger partial charge in [-0.2, -0.15) is 0 Å². The highest BCUT2D eigenvalue weighted by molar-refractivity contribution is 7.03. The topological polar surface area (TPSA) is 6.48 Å². The first-order chi connectivity index (χ1) is 35.2.